The fourth-order valence-electron chi connectivity index (χ4n) is 4.51. The number of rotatable bonds is 11. The second kappa shape index (κ2) is 13.2. The first kappa shape index (κ1) is 30.3. The van der Waals surface area contributed by atoms with Crippen molar-refractivity contribution in [2.24, 2.45) is 0 Å². The smallest absolute Gasteiger partial charge is 0.244 e. The summed E-state index contributed by atoms with van der Waals surface area (Å²) in [5, 5.41) is 3.32. The van der Waals surface area contributed by atoms with Crippen LogP contribution < -0.4 is 14.4 Å². The third kappa shape index (κ3) is 7.68. The summed E-state index contributed by atoms with van der Waals surface area (Å²) in [4.78, 5) is 28.6. The fourth-order valence-corrected chi connectivity index (χ4v) is 6.06. The van der Waals surface area contributed by atoms with Crippen LogP contribution in [0.1, 0.15) is 44.6 Å². The number of hydrogen-bond donors (Lipinski definition) is 1. The molecule has 3 rings (SSSR count). The maximum atomic E-state index is 13.8. The Morgan fingerprint density at radius 1 is 1.05 bits per heavy atom. The SMILES string of the molecule is CC[C@H](C(=O)NC1CCCC1)N(Cc1ccc(OC)cc1)C(=O)CN(c1cc(Cl)c(Cl)cc1Cl)S(C)(=O)=O. The second-order valence-corrected chi connectivity index (χ2v) is 12.4. The fraction of sp³-hybridized carbons (Fsp3) is 0.462. The van der Waals surface area contributed by atoms with E-state index in [0.717, 1.165) is 41.8 Å². The lowest BCUT2D eigenvalue weighted by Gasteiger charge is -2.33. The minimum absolute atomic E-state index is 0.0183. The number of anilines is 1. The first-order valence-electron chi connectivity index (χ1n) is 12.3. The van der Waals surface area contributed by atoms with E-state index in [0.29, 0.717) is 12.2 Å². The summed E-state index contributed by atoms with van der Waals surface area (Å²) in [6.07, 6.45) is 5.19. The lowest BCUT2D eigenvalue weighted by atomic mass is 10.1. The molecule has 0 unspecified atom stereocenters. The highest BCUT2D eigenvalue weighted by Crippen LogP contribution is 2.35. The number of nitrogens with zero attached hydrogens (tertiary/aromatic N) is 2. The summed E-state index contributed by atoms with van der Waals surface area (Å²) in [6, 6.07) is 9.00. The highest BCUT2D eigenvalue weighted by molar-refractivity contribution is 7.92. The molecule has 8 nitrogen and oxygen atoms in total. The number of nitrogens with one attached hydrogen (secondary N) is 1. The normalized spacial score (nSPS) is 14.7. The van der Waals surface area contributed by atoms with Crippen molar-refractivity contribution in [1.82, 2.24) is 10.2 Å². The third-order valence-corrected chi connectivity index (χ3v) is 8.69. The molecule has 0 aromatic heterocycles. The molecule has 1 atom stereocenters. The van der Waals surface area contributed by atoms with Gasteiger partial charge in [-0.2, -0.15) is 0 Å². The van der Waals surface area contributed by atoms with Gasteiger partial charge in [0.05, 0.1) is 34.1 Å². The molecule has 0 spiro atoms. The van der Waals surface area contributed by atoms with Gasteiger partial charge < -0.3 is 15.0 Å². The van der Waals surface area contributed by atoms with Crippen molar-refractivity contribution >= 4 is 62.3 Å². The highest BCUT2D eigenvalue weighted by atomic mass is 35.5. The molecule has 38 heavy (non-hydrogen) atoms. The lowest BCUT2D eigenvalue weighted by Crippen LogP contribution is -2.53. The Morgan fingerprint density at radius 2 is 1.66 bits per heavy atom. The van der Waals surface area contributed by atoms with Crippen molar-refractivity contribution in [1.29, 1.82) is 0 Å². The van der Waals surface area contributed by atoms with Gasteiger partial charge in [-0.3, -0.25) is 13.9 Å². The Morgan fingerprint density at radius 3 is 2.21 bits per heavy atom. The molecule has 0 saturated heterocycles. The van der Waals surface area contributed by atoms with E-state index in [2.05, 4.69) is 5.32 Å². The summed E-state index contributed by atoms with van der Waals surface area (Å²) in [5.41, 5.74) is 0.773. The molecule has 0 radical (unpaired) electrons. The molecule has 12 heteroatoms. The van der Waals surface area contributed by atoms with E-state index < -0.39 is 28.5 Å². The zero-order valence-corrected chi connectivity index (χ0v) is 24.6. The van der Waals surface area contributed by atoms with Crippen LogP contribution in [0.25, 0.3) is 0 Å². The van der Waals surface area contributed by atoms with Gasteiger partial charge in [-0.05, 0) is 49.1 Å². The quantitative estimate of drug-likeness (QED) is 0.352. The Bertz CT molecular complexity index is 1250. The minimum Gasteiger partial charge on any atom is -0.497 e. The Kier molecular flexibility index (Phi) is 10.6. The van der Waals surface area contributed by atoms with E-state index in [4.69, 9.17) is 39.5 Å². The van der Waals surface area contributed by atoms with Crippen LogP contribution in [0.2, 0.25) is 15.1 Å². The van der Waals surface area contributed by atoms with E-state index in [9.17, 15) is 18.0 Å². The molecule has 2 aromatic carbocycles. The molecular formula is C26H32Cl3N3O5S. The van der Waals surface area contributed by atoms with Crippen molar-refractivity contribution in [3.05, 3.63) is 57.0 Å². The number of benzene rings is 2. The highest BCUT2D eigenvalue weighted by Gasteiger charge is 2.33. The number of halogens is 3. The van der Waals surface area contributed by atoms with E-state index >= 15 is 0 Å². The molecule has 2 amide bonds. The van der Waals surface area contributed by atoms with Gasteiger partial charge in [-0.25, -0.2) is 8.42 Å². The average Bonchev–Trinajstić information content (AvgIpc) is 3.37. The first-order valence-corrected chi connectivity index (χ1v) is 15.3. The number of carbonyl (C=O) groups excluding carboxylic acids is 2. The largest absolute Gasteiger partial charge is 0.497 e. The number of ether oxygens (including phenoxy) is 1. The van der Waals surface area contributed by atoms with Crippen LogP contribution in [0.4, 0.5) is 5.69 Å². The Balaban J connectivity index is 1.96. The van der Waals surface area contributed by atoms with Gasteiger partial charge >= 0.3 is 0 Å². The predicted octanol–water partition coefficient (Wildman–Crippen LogP) is 5.29. The van der Waals surface area contributed by atoms with Gasteiger partial charge in [0.15, 0.2) is 0 Å². The molecule has 0 aliphatic heterocycles. The zero-order chi connectivity index (χ0) is 28.0. The first-order chi connectivity index (χ1) is 17.9. The number of hydrogen-bond acceptors (Lipinski definition) is 5. The number of amides is 2. The summed E-state index contributed by atoms with van der Waals surface area (Å²) in [7, 11) is -2.41. The van der Waals surface area contributed by atoms with Crippen LogP contribution in [-0.2, 0) is 26.2 Å². The van der Waals surface area contributed by atoms with Gasteiger partial charge in [-0.1, -0.05) is 66.7 Å². The van der Waals surface area contributed by atoms with Crippen LogP contribution in [0.5, 0.6) is 5.75 Å². The van der Waals surface area contributed by atoms with Crippen molar-refractivity contribution in [3.63, 3.8) is 0 Å². The lowest BCUT2D eigenvalue weighted by molar-refractivity contribution is -0.140. The average molecular weight is 605 g/mol. The number of methoxy groups -OCH3 is 1. The monoisotopic (exact) mass is 603 g/mol. The van der Waals surface area contributed by atoms with Crippen LogP contribution >= 0.6 is 34.8 Å². The van der Waals surface area contributed by atoms with Gasteiger partial charge in [0.25, 0.3) is 0 Å². The van der Waals surface area contributed by atoms with Gasteiger partial charge in [0, 0.05) is 12.6 Å². The van der Waals surface area contributed by atoms with Crippen molar-refractivity contribution in [2.75, 3.05) is 24.2 Å². The predicted molar refractivity (Wildman–Crippen MR) is 152 cm³/mol. The molecule has 1 saturated carbocycles. The van der Waals surface area contributed by atoms with Crippen LogP contribution in [0.15, 0.2) is 36.4 Å². The van der Waals surface area contributed by atoms with Crippen molar-refractivity contribution in [2.45, 2.75) is 57.7 Å². The summed E-state index contributed by atoms with van der Waals surface area (Å²) in [5.74, 6) is -0.184. The van der Waals surface area contributed by atoms with E-state index in [-0.39, 0.29) is 39.2 Å². The topological polar surface area (TPSA) is 96.0 Å². The van der Waals surface area contributed by atoms with Crippen molar-refractivity contribution < 1.29 is 22.7 Å². The van der Waals surface area contributed by atoms with E-state index in [1.807, 2.05) is 6.92 Å². The maximum Gasteiger partial charge on any atom is 0.244 e. The number of carbonyl (C=O) groups is 2. The summed E-state index contributed by atoms with van der Waals surface area (Å²) in [6.45, 7) is 1.32. The van der Waals surface area contributed by atoms with Crippen LogP contribution in [0.3, 0.4) is 0 Å². The Labute approximate surface area is 239 Å². The standard InChI is InChI=1S/C26H32Cl3N3O5S/c1-4-23(26(34)30-18-7-5-6-8-18)31(15-17-9-11-19(37-2)12-10-17)25(33)16-32(38(3,35)36)24-14-21(28)20(27)13-22(24)29/h9-14,18,23H,4-8,15-16H2,1-3H3,(H,30,34)/t23-/m1/s1. The van der Waals surface area contributed by atoms with Gasteiger partial charge in [0.2, 0.25) is 21.8 Å². The molecule has 0 heterocycles. The van der Waals surface area contributed by atoms with Crippen LogP contribution in [-0.4, -0.2) is 57.1 Å². The molecule has 1 aliphatic rings. The molecule has 1 N–H and O–H groups in total. The summed E-state index contributed by atoms with van der Waals surface area (Å²) < 4.78 is 31.7. The van der Waals surface area contributed by atoms with Gasteiger partial charge in [0.1, 0.15) is 18.3 Å². The molecular weight excluding hydrogens is 573 g/mol. The molecule has 1 fully saturated rings. The minimum atomic E-state index is -3.97. The molecule has 2 aromatic rings. The van der Waals surface area contributed by atoms with E-state index in [1.165, 1.54) is 17.0 Å². The third-order valence-electron chi connectivity index (χ3n) is 6.54. The molecule has 1 aliphatic carbocycles. The molecule has 0 bridgehead atoms. The van der Waals surface area contributed by atoms with Crippen LogP contribution in [0, 0.1) is 0 Å². The van der Waals surface area contributed by atoms with Gasteiger partial charge in [-0.15, -0.1) is 0 Å². The Hall–Kier alpha value is -2.20. The van der Waals surface area contributed by atoms with E-state index in [1.54, 1.807) is 31.4 Å². The molecule has 208 valence electrons. The zero-order valence-electron chi connectivity index (χ0n) is 21.5. The second-order valence-electron chi connectivity index (χ2n) is 9.27. The number of sulfonamides is 1. The van der Waals surface area contributed by atoms with Crippen molar-refractivity contribution in [3.8, 4) is 5.75 Å². The summed E-state index contributed by atoms with van der Waals surface area (Å²) >= 11 is 18.5. The maximum absolute atomic E-state index is 13.8.